The van der Waals surface area contributed by atoms with Crippen molar-refractivity contribution in [3.8, 4) is 0 Å². The summed E-state index contributed by atoms with van der Waals surface area (Å²) in [4.78, 5) is 17.4. The molecule has 0 aliphatic heterocycles. The smallest absolute Gasteiger partial charge is 0.279 e. The highest BCUT2D eigenvalue weighted by molar-refractivity contribution is 7.92. The molecule has 0 aliphatic carbocycles. The van der Waals surface area contributed by atoms with Crippen molar-refractivity contribution in [2.75, 3.05) is 4.72 Å². The van der Waals surface area contributed by atoms with Gasteiger partial charge >= 0.3 is 0 Å². The normalized spacial score (nSPS) is 12.3. The molecule has 1 heterocycles. The van der Waals surface area contributed by atoms with E-state index in [1.807, 2.05) is 30.7 Å². The number of benzene rings is 3. The maximum atomic E-state index is 13.0. The summed E-state index contributed by atoms with van der Waals surface area (Å²) in [6, 6.07) is 14.1. The number of amides is 1. The van der Waals surface area contributed by atoms with Crippen LogP contribution in [0.3, 0.4) is 0 Å². The lowest BCUT2D eigenvalue weighted by Crippen LogP contribution is -2.14. The number of aromatic nitrogens is 1. The number of carbonyl (C=O) groups is 1. The van der Waals surface area contributed by atoms with Gasteiger partial charge in [-0.1, -0.05) is 22.9 Å². The zero-order valence-corrected chi connectivity index (χ0v) is 19.4. The number of anilines is 1. The van der Waals surface area contributed by atoms with E-state index in [1.54, 1.807) is 0 Å². The number of hydrogen-bond acceptors (Lipinski definition) is 4. The van der Waals surface area contributed by atoms with Gasteiger partial charge in [0.15, 0.2) is 4.80 Å². The third kappa shape index (κ3) is 4.32. The first kappa shape index (κ1) is 22.2. The molecule has 10 heteroatoms. The number of carbonyl (C=O) groups excluding carboxylic acids is 1. The lowest BCUT2D eigenvalue weighted by atomic mass is 10.2. The second-order valence-electron chi connectivity index (χ2n) is 7.02. The molecule has 0 spiro atoms. The molecule has 6 nitrogen and oxygen atoms in total. The van der Waals surface area contributed by atoms with E-state index in [0.717, 1.165) is 27.9 Å². The van der Waals surface area contributed by atoms with Gasteiger partial charge in [0.2, 0.25) is 0 Å². The molecule has 0 radical (unpaired) electrons. The summed E-state index contributed by atoms with van der Waals surface area (Å²) in [6.07, 6.45) is 0. The summed E-state index contributed by atoms with van der Waals surface area (Å²) < 4.78 is 43.1. The molecular weight excluding hydrogens is 473 g/mol. The quantitative estimate of drug-likeness (QED) is 0.443. The first-order valence-electron chi connectivity index (χ1n) is 9.38. The molecule has 0 saturated carbocycles. The van der Waals surface area contributed by atoms with Gasteiger partial charge in [-0.25, -0.2) is 12.8 Å². The molecule has 4 rings (SSSR count). The Morgan fingerprint density at radius 3 is 2.38 bits per heavy atom. The van der Waals surface area contributed by atoms with Crippen LogP contribution in [-0.2, 0) is 17.1 Å². The van der Waals surface area contributed by atoms with Crippen LogP contribution in [0, 0.1) is 12.7 Å². The van der Waals surface area contributed by atoms with E-state index in [2.05, 4.69) is 9.71 Å². The predicted octanol–water partition coefficient (Wildman–Crippen LogP) is 4.88. The maximum Gasteiger partial charge on any atom is 0.279 e. The van der Waals surface area contributed by atoms with Crippen molar-refractivity contribution in [3.05, 3.63) is 87.4 Å². The Hall–Kier alpha value is -3.01. The third-order valence-electron chi connectivity index (χ3n) is 4.86. The Bertz CT molecular complexity index is 1510. The van der Waals surface area contributed by atoms with Gasteiger partial charge in [-0.3, -0.25) is 9.52 Å². The molecule has 32 heavy (non-hydrogen) atoms. The van der Waals surface area contributed by atoms with E-state index in [0.29, 0.717) is 15.4 Å². The van der Waals surface area contributed by atoms with Crippen molar-refractivity contribution < 1.29 is 17.6 Å². The average Bonchev–Trinajstić information content (AvgIpc) is 3.07. The zero-order chi connectivity index (χ0) is 23.0. The van der Waals surface area contributed by atoms with Crippen LogP contribution < -0.4 is 9.52 Å². The predicted molar refractivity (Wildman–Crippen MR) is 124 cm³/mol. The second-order valence-corrected chi connectivity index (χ2v) is 10.1. The van der Waals surface area contributed by atoms with Gasteiger partial charge in [0, 0.05) is 23.3 Å². The van der Waals surface area contributed by atoms with Gasteiger partial charge in [0.25, 0.3) is 15.9 Å². The van der Waals surface area contributed by atoms with E-state index < -0.39 is 21.7 Å². The van der Waals surface area contributed by atoms with Crippen molar-refractivity contribution >= 4 is 54.8 Å². The molecule has 0 saturated heterocycles. The maximum absolute atomic E-state index is 13.0. The van der Waals surface area contributed by atoms with E-state index >= 15 is 0 Å². The number of thiazole rings is 1. The Morgan fingerprint density at radius 2 is 1.72 bits per heavy atom. The molecule has 0 bridgehead atoms. The van der Waals surface area contributed by atoms with Crippen LogP contribution in [0.25, 0.3) is 10.2 Å². The van der Waals surface area contributed by atoms with E-state index in [-0.39, 0.29) is 10.6 Å². The minimum Gasteiger partial charge on any atom is -0.319 e. The molecule has 1 amide bonds. The first-order chi connectivity index (χ1) is 15.2. The van der Waals surface area contributed by atoms with E-state index in [1.165, 1.54) is 47.7 Å². The summed E-state index contributed by atoms with van der Waals surface area (Å²) in [6.45, 7) is 1.91. The Morgan fingerprint density at radius 1 is 1.06 bits per heavy atom. The lowest BCUT2D eigenvalue weighted by Gasteiger charge is -2.08. The molecule has 1 aromatic heterocycles. The standard InChI is InChI=1S/C22H17ClFN3O3S2/c1-13-18(23)11-12-19-20(13)27(2)22(31-19)25-21(28)14-3-7-16(8-4-14)26-32(29,30)17-9-5-15(24)6-10-17/h3-12,26H,1-2H3. The number of hydrogen-bond donors (Lipinski definition) is 1. The zero-order valence-electron chi connectivity index (χ0n) is 17.0. The summed E-state index contributed by atoms with van der Waals surface area (Å²) >= 11 is 7.58. The number of rotatable bonds is 4. The van der Waals surface area contributed by atoms with Gasteiger partial charge in [0.05, 0.1) is 15.1 Å². The van der Waals surface area contributed by atoms with Gasteiger partial charge in [0.1, 0.15) is 5.82 Å². The first-order valence-corrected chi connectivity index (χ1v) is 12.1. The van der Waals surface area contributed by atoms with Crippen molar-refractivity contribution in [1.29, 1.82) is 0 Å². The molecule has 0 fully saturated rings. The number of nitrogens with zero attached hydrogens (tertiary/aromatic N) is 2. The number of aryl methyl sites for hydroxylation is 2. The molecule has 0 atom stereocenters. The molecule has 0 aliphatic rings. The topological polar surface area (TPSA) is 80.5 Å². The molecular formula is C22H17ClFN3O3S2. The van der Waals surface area contributed by atoms with Gasteiger partial charge in [-0.15, -0.1) is 0 Å². The monoisotopic (exact) mass is 489 g/mol. The number of sulfonamides is 1. The summed E-state index contributed by atoms with van der Waals surface area (Å²) in [5.74, 6) is -0.982. The number of fused-ring (bicyclic) bond motifs is 1. The van der Waals surface area contributed by atoms with Crippen LogP contribution in [0.4, 0.5) is 10.1 Å². The van der Waals surface area contributed by atoms with Crippen LogP contribution >= 0.6 is 22.9 Å². The highest BCUT2D eigenvalue weighted by Gasteiger charge is 2.15. The van der Waals surface area contributed by atoms with Crippen molar-refractivity contribution in [2.24, 2.45) is 12.0 Å². The van der Waals surface area contributed by atoms with Crippen LogP contribution in [0.1, 0.15) is 15.9 Å². The summed E-state index contributed by atoms with van der Waals surface area (Å²) in [5.41, 5.74) is 2.40. The number of nitrogens with one attached hydrogen (secondary N) is 1. The summed E-state index contributed by atoms with van der Waals surface area (Å²) in [5, 5.41) is 0.641. The lowest BCUT2D eigenvalue weighted by molar-refractivity contribution is 0.0998. The van der Waals surface area contributed by atoms with Gasteiger partial charge in [-0.05, 0) is 73.2 Å². The van der Waals surface area contributed by atoms with Crippen LogP contribution in [-0.4, -0.2) is 18.9 Å². The molecule has 164 valence electrons. The highest BCUT2D eigenvalue weighted by Crippen LogP contribution is 2.26. The van der Waals surface area contributed by atoms with Crippen molar-refractivity contribution in [1.82, 2.24) is 4.57 Å². The fourth-order valence-electron chi connectivity index (χ4n) is 3.17. The Balaban J connectivity index is 1.59. The fraction of sp³-hybridized carbons (Fsp3) is 0.0909. The number of halogens is 2. The Kier molecular flexibility index (Phi) is 5.89. The minimum absolute atomic E-state index is 0.0679. The summed E-state index contributed by atoms with van der Waals surface area (Å²) in [7, 11) is -2.06. The van der Waals surface area contributed by atoms with Crippen LogP contribution in [0.15, 0.2) is 70.6 Å². The highest BCUT2D eigenvalue weighted by atomic mass is 35.5. The van der Waals surface area contributed by atoms with E-state index in [9.17, 15) is 17.6 Å². The molecule has 4 aromatic rings. The van der Waals surface area contributed by atoms with Crippen molar-refractivity contribution in [2.45, 2.75) is 11.8 Å². The SMILES string of the molecule is Cc1c(Cl)ccc2sc(=NC(=O)c3ccc(NS(=O)(=O)c4ccc(F)cc4)cc3)n(C)c12. The largest absolute Gasteiger partial charge is 0.319 e. The van der Waals surface area contributed by atoms with Crippen LogP contribution in [0.5, 0.6) is 0 Å². The van der Waals surface area contributed by atoms with E-state index in [4.69, 9.17) is 11.6 Å². The fourth-order valence-corrected chi connectivity index (χ4v) is 5.46. The minimum atomic E-state index is -3.88. The third-order valence-corrected chi connectivity index (χ3v) is 7.76. The average molecular weight is 490 g/mol. The second kappa shape index (κ2) is 8.50. The molecule has 1 N–H and O–H groups in total. The van der Waals surface area contributed by atoms with Gasteiger partial charge < -0.3 is 4.57 Å². The van der Waals surface area contributed by atoms with Crippen molar-refractivity contribution in [3.63, 3.8) is 0 Å². The molecule has 3 aromatic carbocycles. The van der Waals surface area contributed by atoms with Crippen LogP contribution in [0.2, 0.25) is 5.02 Å². The molecule has 0 unspecified atom stereocenters. The van der Waals surface area contributed by atoms with Gasteiger partial charge in [-0.2, -0.15) is 4.99 Å². The Labute approximate surface area is 192 Å².